The number of piperazine rings is 1. The van der Waals surface area contributed by atoms with Gasteiger partial charge in [-0.25, -0.2) is 0 Å². The first kappa shape index (κ1) is 11.2. The van der Waals surface area contributed by atoms with Crippen molar-refractivity contribution in [2.45, 2.75) is 24.7 Å². The van der Waals surface area contributed by atoms with Gasteiger partial charge in [-0.2, -0.15) is 0 Å². The van der Waals surface area contributed by atoms with Crippen LogP contribution in [0.25, 0.3) is 0 Å². The van der Waals surface area contributed by atoms with E-state index in [0.717, 1.165) is 0 Å². The van der Waals surface area contributed by atoms with Gasteiger partial charge in [-0.3, -0.25) is 0 Å². The van der Waals surface area contributed by atoms with Gasteiger partial charge in [0.2, 0.25) is 0 Å². The maximum Gasteiger partial charge on any atom is 0.0107 e. The molecule has 0 amide bonds. The number of nitrogens with one attached hydrogen (secondary N) is 1. The van der Waals surface area contributed by atoms with E-state index >= 15 is 0 Å². The van der Waals surface area contributed by atoms with Crippen molar-refractivity contribution in [1.82, 2.24) is 10.2 Å². The predicted molar refractivity (Wildman–Crippen MR) is 71.3 cm³/mol. The lowest BCUT2D eigenvalue weighted by Gasteiger charge is -2.29. The molecule has 0 unspecified atom stereocenters. The molecule has 1 saturated heterocycles. The van der Waals surface area contributed by atoms with Crippen molar-refractivity contribution in [2.75, 3.05) is 32.7 Å². The van der Waals surface area contributed by atoms with Crippen LogP contribution in [-0.4, -0.2) is 37.6 Å². The minimum absolute atomic E-state index is 0.534. The van der Waals surface area contributed by atoms with Crippen LogP contribution in [0, 0.1) is 0 Å². The van der Waals surface area contributed by atoms with Crippen LogP contribution < -0.4 is 5.32 Å². The van der Waals surface area contributed by atoms with Crippen LogP contribution in [0.3, 0.4) is 0 Å². The Hall–Kier alpha value is -0.860. The average Bonchev–Trinajstić information content (AvgIpc) is 3.20. The van der Waals surface area contributed by atoms with Gasteiger partial charge in [0.05, 0.1) is 0 Å². The van der Waals surface area contributed by atoms with Crippen LogP contribution in [-0.2, 0) is 5.41 Å². The number of rotatable bonds is 4. The molecule has 1 N–H and O–H groups in total. The Bertz CT molecular complexity index is 350. The summed E-state index contributed by atoms with van der Waals surface area (Å²) in [7, 11) is 0. The molecular formula is C15H22N2. The van der Waals surface area contributed by atoms with Crippen LogP contribution in [0.5, 0.6) is 0 Å². The van der Waals surface area contributed by atoms with Crippen LogP contribution in [0.2, 0.25) is 0 Å². The summed E-state index contributed by atoms with van der Waals surface area (Å²) in [5.41, 5.74) is 2.10. The number of benzene rings is 1. The van der Waals surface area contributed by atoms with Crippen molar-refractivity contribution < 1.29 is 0 Å². The van der Waals surface area contributed by atoms with Gasteiger partial charge >= 0.3 is 0 Å². The predicted octanol–water partition coefficient (Wildman–Crippen LogP) is 2.01. The summed E-state index contributed by atoms with van der Waals surface area (Å²) in [6, 6.07) is 11.1. The van der Waals surface area contributed by atoms with E-state index in [2.05, 4.69) is 40.5 Å². The highest BCUT2D eigenvalue weighted by atomic mass is 15.2. The Morgan fingerprint density at radius 1 is 1.06 bits per heavy atom. The quantitative estimate of drug-likeness (QED) is 0.851. The monoisotopic (exact) mass is 230 g/mol. The minimum Gasteiger partial charge on any atom is -0.314 e. The summed E-state index contributed by atoms with van der Waals surface area (Å²) >= 11 is 0. The summed E-state index contributed by atoms with van der Waals surface area (Å²) in [4.78, 5) is 2.61. The molecule has 1 aliphatic carbocycles. The first-order valence-electron chi connectivity index (χ1n) is 6.88. The Balaban J connectivity index is 1.57. The third-order valence-electron chi connectivity index (χ3n) is 4.36. The van der Waals surface area contributed by atoms with Gasteiger partial charge in [-0.15, -0.1) is 0 Å². The first-order valence-corrected chi connectivity index (χ1v) is 6.88. The molecule has 3 rings (SSSR count). The van der Waals surface area contributed by atoms with Gasteiger partial charge in [0.15, 0.2) is 0 Å². The molecule has 0 bridgehead atoms. The van der Waals surface area contributed by atoms with E-state index in [9.17, 15) is 0 Å². The average molecular weight is 230 g/mol. The Labute approximate surface area is 104 Å². The highest BCUT2D eigenvalue weighted by Gasteiger charge is 2.43. The maximum absolute atomic E-state index is 3.42. The molecule has 0 atom stereocenters. The van der Waals surface area contributed by atoms with Crippen LogP contribution in [0.4, 0.5) is 0 Å². The molecule has 1 heterocycles. The van der Waals surface area contributed by atoms with Gasteiger partial charge in [0.25, 0.3) is 0 Å². The number of nitrogens with zero attached hydrogens (tertiary/aromatic N) is 1. The molecule has 0 radical (unpaired) electrons. The molecule has 0 aromatic heterocycles. The topological polar surface area (TPSA) is 15.3 Å². The highest BCUT2D eigenvalue weighted by Crippen LogP contribution is 2.50. The normalized spacial score (nSPS) is 23.5. The fraction of sp³-hybridized carbons (Fsp3) is 0.600. The summed E-state index contributed by atoms with van der Waals surface area (Å²) in [5, 5.41) is 3.42. The van der Waals surface area contributed by atoms with E-state index in [-0.39, 0.29) is 0 Å². The molecule has 1 aliphatic heterocycles. The second kappa shape index (κ2) is 4.79. The third kappa shape index (κ3) is 2.53. The van der Waals surface area contributed by atoms with E-state index in [1.165, 1.54) is 52.0 Å². The van der Waals surface area contributed by atoms with Crippen molar-refractivity contribution in [3.63, 3.8) is 0 Å². The Morgan fingerprint density at radius 2 is 1.76 bits per heavy atom. The second-order valence-corrected chi connectivity index (χ2v) is 5.49. The Morgan fingerprint density at radius 3 is 2.41 bits per heavy atom. The van der Waals surface area contributed by atoms with Gasteiger partial charge in [0.1, 0.15) is 0 Å². The zero-order valence-corrected chi connectivity index (χ0v) is 10.5. The first-order chi connectivity index (χ1) is 8.39. The SMILES string of the molecule is c1ccc(C2(CCN3CCNCC3)CC2)cc1. The summed E-state index contributed by atoms with van der Waals surface area (Å²) in [6.45, 7) is 6.06. The molecule has 2 aliphatic rings. The molecule has 2 heteroatoms. The van der Waals surface area contributed by atoms with Crippen LogP contribution in [0.1, 0.15) is 24.8 Å². The van der Waals surface area contributed by atoms with Gasteiger partial charge in [0, 0.05) is 26.2 Å². The van der Waals surface area contributed by atoms with Crippen molar-refractivity contribution in [1.29, 1.82) is 0 Å². The Kier molecular flexibility index (Phi) is 3.17. The molecule has 2 fully saturated rings. The van der Waals surface area contributed by atoms with Gasteiger partial charge in [-0.05, 0) is 36.8 Å². The molecule has 17 heavy (non-hydrogen) atoms. The minimum atomic E-state index is 0.534. The highest BCUT2D eigenvalue weighted by molar-refractivity contribution is 5.30. The zero-order valence-electron chi connectivity index (χ0n) is 10.5. The molecule has 2 nitrogen and oxygen atoms in total. The molecule has 1 aromatic rings. The van der Waals surface area contributed by atoms with Crippen molar-refractivity contribution >= 4 is 0 Å². The lowest BCUT2D eigenvalue weighted by molar-refractivity contribution is 0.230. The smallest absolute Gasteiger partial charge is 0.0107 e. The van der Waals surface area contributed by atoms with E-state index in [4.69, 9.17) is 0 Å². The molecular weight excluding hydrogens is 208 g/mol. The summed E-state index contributed by atoms with van der Waals surface area (Å²) < 4.78 is 0. The summed E-state index contributed by atoms with van der Waals surface area (Å²) in [5.74, 6) is 0. The summed E-state index contributed by atoms with van der Waals surface area (Å²) in [6.07, 6.45) is 4.13. The number of hydrogen-bond acceptors (Lipinski definition) is 2. The largest absolute Gasteiger partial charge is 0.314 e. The van der Waals surface area contributed by atoms with Gasteiger partial charge < -0.3 is 10.2 Å². The van der Waals surface area contributed by atoms with E-state index in [1.807, 2.05) is 0 Å². The molecule has 1 aromatic carbocycles. The lowest BCUT2D eigenvalue weighted by atomic mass is 9.92. The lowest BCUT2D eigenvalue weighted by Crippen LogP contribution is -2.44. The van der Waals surface area contributed by atoms with E-state index in [1.54, 1.807) is 5.56 Å². The third-order valence-corrected chi connectivity index (χ3v) is 4.36. The van der Waals surface area contributed by atoms with Crippen LogP contribution >= 0.6 is 0 Å². The van der Waals surface area contributed by atoms with E-state index < -0.39 is 0 Å². The molecule has 92 valence electrons. The standard InChI is InChI=1S/C15H22N2/c1-2-4-14(5-3-1)15(6-7-15)8-11-17-12-9-16-10-13-17/h1-5,16H,6-13H2. The number of hydrogen-bond donors (Lipinski definition) is 1. The van der Waals surface area contributed by atoms with Gasteiger partial charge in [-0.1, -0.05) is 30.3 Å². The second-order valence-electron chi connectivity index (χ2n) is 5.49. The fourth-order valence-corrected chi connectivity index (χ4v) is 2.93. The van der Waals surface area contributed by atoms with Crippen molar-refractivity contribution in [3.8, 4) is 0 Å². The van der Waals surface area contributed by atoms with Crippen molar-refractivity contribution in [3.05, 3.63) is 35.9 Å². The van der Waals surface area contributed by atoms with E-state index in [0.29, 0.717) is 5.41 Å². The maximum atomic E-state index is 3.42. The van der Waals surface area contributed by atoms with Crippen LogP contribution in [0.15, 0.2) is 30.3 Å². The molecule has 1 saturated carbocycles. The zero-order chi connectivity index (χ0) is 11.6. The fourth-order valence-electron chi connectivity index (χ4n) is 2.93. The molecule has 0 spiro atoms. The van der Waals surface area contributed by atoms with Crippen molar-refractivity contribution in [2.24, 2.45) is 0 Å².